The van der Waals surface area contributed by atoms with Crippen molar-refractivity contribution in [3.8, 4) is 0 Å². The topological polar surface area (TPSA) is 26.3 Å². The number of carbonyl (C=O) groups excluding carboxylic acids is 1. The number of hydrogen-bond donors (Lipinski definition) is 0. The largest absolute Gasteiger partial charge is 0.427 e. The Kier molecular flexibility index (Phi) is 3.97. The van der Waals surface area contributed by atoms with E-state index in [9.17, 15) is 4.79 Å². The molecule has 1 aromatic rings. The molecule has 0 saturated heterocycles. The molecule has 0 aromatic heterocycles. The van der Waals surface area contributed by atoms with E-state index in [-0.39, 0.29) is 5.97 Å². The molecule has 2 nitrogen and oxygen atoms in total. The number of hydrogen-bond acceptors (Lipinski definition) is 2. The maximum Gasteiger partial charge on any atom is 0.342 e. The van der Waals surface area contributed by atoms with Crippen LogP contribution in [0.5, 0.6) is 0 Å². The van der Waals surface area contributed by atoms with Crippen LogP contribution in [0.25, 0.3) is 0 Å². The van der Waals surface area contributed by atoms with Crippen LogP contribution >= 0.6 is 0 Å². The summed E-state index contributed by atoms with van der Waals surface area (Å²) >= 11 is 0. The Hall–Kier alpha value is -1.57. The molecule has 1 aliphatic rings. The van der Waals surface area contributed by atoms with Crippen molar-refractivity contribution < 1.29 is 9.53 Å². The highest BCUT2D eigenvalue weighted by Crippen LogP contribution is 2.25. The molecule has 0 unspecified atom stereocenters. The van der Waals surface area contributed by atoms with Gasteiger partial charge < -0.3 is 4.74 Å². The molecule has 1 aliphatic heterocycles. The molecule has 1 aromatic carbocycles. The van der Waals surface area contributed by atoms with Gasteiger partial charge in [0.2, 0.25) is 0 Å². The minimum atomic E-state index is -0.149. The number of allylic oxidation sites excluding steroid dienone is 1. The van der Waals surface area contributed by atoms with Crippen molar-refractivity contribution in [2.45, 2.75) is 39.0 Å². The molecule has 90 valence electrons. The van der Waals surface area contributed by atoms with Crippen LogP contribution in [0.1, 0.15) is 38.2 Å². The van der Waals surface area contributed by atoms with Crippen LogP contribution in [0.15, 0.2) is 41.7 Å². The van der Waals surface area contributed by atoms with Crippen LogP contribution in [-0.4, -0.2) is 5.97 Å². The summed E-state index contributed by atoms with van der Waals surface area (Å²) in [7, 11) is 0. The minimum Gasteiger partial charge on any atom is -0.427 e. The molecule has 1 heterocycles. The molecule has 2 rings (SSSR count). The van der Waals surface area contributed by atoms with Gasteiger partial charge in [-0.2, -0.15) is 0 Å². The van der Waals surface area contributed by atoms with E-state index < -0.39 is 0 Å². The molecule has 0 saturated carbocycles. The van der Waals surface area contributed by atoms with Crippen molar-refractivity contribution in [3.05, 3.63) is 47.2 Å². The fourth-order valence-corrected chi connectivity index (χ4v) is 2.01. The first-order chi connectivity index (χ1) is 8.27. The van der Waals surface area contributed by atoms with Gasteiger partial charge in [0.25, 0.3) is 0 Å². The van der Waals surface area contributed by atoms with Gasteiger partial charge in [-0.25, -0.2) is 4.79 Å². The van der Waals surface area contributed by atoms with Gasteiger partial charge in [0, 0.05) is 6.42 Å². The highest BCUT2D eigenvalue weighted by atomic mass is 16.6. The van der Waals surface area contributed by atoms with Crippen LogP contribution in [0, 0.1) is 0 Å². The number of aryl methyl sites for hydroxylation is 1. The summed E-state index contributed by atoms with van der Waals surface area (Å²) in [6, 6.07) is 10.5. The van der Waals surface area contributed by atoms with Crippen molar-refractivity contribution in [3.63, 3.8) is 0 Å². The fraction of sp³-hybridized carbons (Fsp3) is 0.400. The number of cyclic esters (lactones) is 1. The molecule has 0 atom stereocenters. The summed E-state index contributed by atoms with van der Waals surface area (Å²) in [6.07, 6.45) is 5.53. The average molecular weight is 230 g/mol. The van der Waals surface area contributed by atoms with Gasteiger partial charge >= 0.3 is 5.97 Å². The Labute approximate surface area is 102 Å². The Morgan fingerprint density at radius 3 is 2.35 bits per heavy atom. The second kappa shape index (κ2) is 5.67. The lowest BCUT2D eigenvalue weighted by Gasteiger charge is -2.19. The molecule has 2 heteroatoms. The quantitative estimate of drug-likeness (QED) is 0.551. The molecule has 0 radical (unpaired) electrons. The number of benzene rings is 1. The summed E-state index contributed by atoms with van der Waals surface area (Å²) in [5, 5.41) is 0. The average Bonchev–Trinajstić information content (AvgIpc) is 2.38. The van der Waals surface area contributed by atoms with Gasteiger partial charge in [-0.1, -0.05) is 36.8 Å². The van der Waals surface area contributed by atoms with E-state index in [2.05, 4.69) is 24.3 Å². The third kappa shape index (κ3) is 3.19. The molecule has 0 aliphatic carbocycles. The summed E-state index contributed by atoms with van der Waals surface area (Å²) in [4.78, 5) is 10.8. The lowest BCUT2D eigenvalue weighted by molar-refractivity contribution is -0.140. The SMILES string of the molecule is CC1=C(CCCCCc2ccccc2)OC1=O. The zero-order valence-electron chi connectivity index (χ0n) is 10.2. The number of ether oxygens (including phenoxy) is 1. The number of esters is 1. The van der Waals surface area contributed by atoms with Gasteiger partial charge in [-0.15, -0.1) is 0 Å². The Morgan fingerprint density at radius 2 is 1.71 bits per heavy atom. The zero-order valence-corrected chi connectivity index (χ0v) is 10.2. The predicted octanol–water partition coefficient (Wildman–Crippen LogP) is 3.62. The van der Waals surface area contributed by atoms with Crippen molar-refractivity contribution in [1.82, 2.24) is 0 Å². The number of carbonyl (C=O) groups is 1. The van der Waals surface area contributed by atoms with Crippen LogP contribution in [-0.2, 0) is 16.0 Å². The first kappa shape index (κ1) is 11.9. The normalized spacial score (nSPS) is 14.5. The van der Waals surface area contributed by atoms with Gasteiger partial charge in [-0.05, 0) is 31.7 Å². The highest BCUT2D eigenvalue weighted by Gasteiger charge is 2.24. The second-order valence-electron chi connectivity index (χ2n) is 4.48. The third-order valence-electron chi connectivity index (χ3n) is 3.15. The van der Waals surface area contributed by atoms with Gasteiger partial charge in [-0.3, -0.25) is 0 Å². The number of unbranched alkanes of at least 4 members (excludes halogenated alkanes) is 2. The standard InChI is InChI=1S/C15H18O2/c1-12-14(17-15(12)16)11-7-3-6-10-13-8-4-2-5-9-13/h2,4-5,8-9H,3,6-7,10-11H2,1H3. The van der Waals surface area contributed by atoms with Crippen molar-refractivity contribution in [1.29, 1.82) is 0 Å². The molecule has 0 fully saturated rings. The first-order valence-corrected chi connectivity index (χ1v) is 6.23. The Morgan fingerprint density at radius 1 is 1.00 bits per heavy atom. The predicted molar refractivity (Wildman–Crippen MR) is 67.4 cm³/mol. The van der Waals surface area contributed by atoms with E-state index in [4.69, 9.17) is 4.74 Å². The van der Waals surface area contributed by atoms with Crippen LogP contribution in [0.2, 0.25) is 0 Å². The molecule has 0 spiro atoms. The van der Waals surface area contributed by atoms with Crippen LogP contribution < -0.4 is 0 Å². The van der Waals surface area contributed by atoms with E-state index in [1.165, 1.54) is 18.4 Å². The summed E-state index contributed by atoms with van der Waals surface area (Å²) in [5.74, 6) is 0.749. The van der Waals surface area contributed by atoms with E-state index in [1.54, 1.807) is 0 Å². The fourth-order valence-electron chi connectivity index (χ4n) is 2.01. The zero-order chi connectivity index (χ0) is 12.1. The molecule has 0 amide bonds. The van der Waals surface area contributed by atoms with E-state index >= 15 is 0 Å². The minimum absolute atomic E-state index is 0.149. The Bertz CT molecular complexity index is 418. The van der Waals surface area contributed by atoms with Crippen molar-refractivity contribution in [2.75, 3.05) is 0 Å². The van der Waals surface area contributed by atoms with Crippen LogP contribution in [0.3, 0.4) is 0 Å². The molecule has 0 N–H and O–H groups in total. The van der Waals surface area contributed by atoms with E-state index in [0.29, 0.717) is 0 Å². The maximum atomic E-state index is 10.8. The summed E-state index contributed by atoms with van der Waals surface area (Å²) in [5.41, 5.74) is 2.21. The lowest BCUT2D eigenvalue weighted by atomic mass is 10.0. The van der Waals surface area contributed by atoms with E-state index in [0.717, 1.165) is 30.6 Å². The molecule has 17 heavy (non-hydrogen) atoms. The molecular formula is C15H18O2. The van der Waals surface area contributed by atoms with Crippen molar-refractivity contribution in [2.24, 2.45) is 0 Å². The number of rotatable bonds is 6. The van der Waals surface area contributed by atoms with Gasteiger partial charge in [0.15, 0.2) is 0 Å². The van der Waals surface area contributed by atoms with E-state index in [1.807, 2.05) is 13.0 Å². The summed E-state index contributed by atoms with van der Waals surface area (Å²) in [6.45, 7) is 1.84. The van der Waals surface area contributed by atoms with Gasteiger partial charge in [0.1, 0.15) is 5.76 Å². The van der Waals surface area contributed by atoms with Crippen molar-refractivity contribution >= 4 is 5.97 Å². The maximum absolute atomic E-state index is 10.8. The highest BCUT2D eigenvalue weighted by molar-refractivity contribution is 5.94. The third-order valence-corrected chi connectivity index (χ3v) is 3.15. The second-order valence-corrected chi connectivity index (χ2v) is 4.48. The molecular weight excluding hydrogens is 212 g/mol. The summed E-state index contributed by atoms with van der Waals surface area (Å²) < 4.78 is 4.96. The smallest absolute Gasteiger partial charge is 0.342 e. The monoisotopic (exact) mass is 230 g/mol. The first-order valence-electron chi connectivity index (χ1n) is 6.23. The van der Waals surface area contributed by atoms with Gasteiger partial charge in [0.05, 0.1) is 5.57 Å². The van der Waals surface area contributed by atoms with Crippen LogP contribution in [0.4, 0.5) is 0 Å². The lowest BCUT2D eigenvalue weighted by Crippen LogP contribution is -2.19. The Balaban J connectivity index is 1.60. The molecule has 0 bridgehead atoms.